The molecule has 6 atom stereocenters. The number of halogens is 1. The van der Waals surface area contributed by atoms with E-state index in [4.69, 9.17) is 0 Å². The Morgan fingerprint density at radius 3 is 2.28 bits per heavy atom. The fourth-order valence-electron chi connectivity index (χ4n) is 5.21. The summed E-state index contributed by atoms with van der Waals surface area (Å²) in [5, 5.41) is 16.6. The van der Waals surface area contributed by atoms with Gasteiger partial charge in [0.15, 0.2) is 5.78 Å². The largest absolute Gasteiger partial charge is 0.469 e. The Labute approximate surface area is 273 Å². The zero-order chi connectivity index (χ0) is 34.2. The van der Waals surface area contributed by atoms with E-state index in [-0.39, 0.29) is 42.3 Å². The molecule has 260 valence electrons. The van der Waals surface area contributed by atoms with Gasteiger partial charge in [-0.15, -0.1) is 0 Å². The number of carbonyl (C=O) groups is 7. The number of urea groups is 1. The molecule has 2 saturated heterocycles. The molecule has 6 amide bonds. The summed E-state index contributed by atoms with van der Waals surface area (Å²) >= 11 is 1.86. The lowest BCUT2D eigenvalue weighted by Gasteiger charge is -2.24. The Balaban J connectivity index is 1.61. The predicted molar refractivity (Wildman–Crippen MR) is 169 cm³/mol. The smallest absolute Gasteiger partial charge is 0.315 e. The second kappa shape index (κ2) is 19.9. The van der Waals surface area contributed by atoms with E-state index in [1.54, 1.807) is 13.8 Å². The second-order valence-corrected chi connectivity index (χ2v) is 13.3. The number of carbonyl (C=O) groups excluding carboxylic acids is 7. The minimum Gasteiger partial charge on any atom is -0.469 e. The Kier molecular flexibility index (Phi) is 16.8. The number of ketones is 1. The van der Waals surface area contributed by atoms with Gasteiger partial charge in [-0.05, 0) is 38.5 Å². The SMILES string of the molecule is COC(=O)CC(NC(=O)C(C)NC(=O)C(NC(=O)CCCCCNC(=O)CCCCC1SCC2NC(=O)NC21)C(C)C)C(=O)CF. The first-order chi connectivity index (χ1) is 21.9. The van der Waals surface area contributed by atoms with Crippen LogP contribution in [-0.4, -0.2) is 103 Å². The highest BCUT2D eigenvalue weighted by Gasteiger charge is 2.42. The summed E-state index contributed by atoms with van der Waals surface area (Å²) in [6.07, 6.45) is 4.70. The first-order valence-corrected chi connectivity index (χ1v) is 16.9. The van der Waals surface area contributed by atoms with Crippen molar-refractivity contribution in [2.45, 2.75) is 114 Å². The Bertz CT molecular complexity index is 1100. The Hall–Kier alpha value is -3.43. The highest BCUT2D eigenvalue weighted by molar-refractivity contribution is 8.00. The number of ether oxygens (including phenoxy) is 1. The standard InChI is InChI=1S/C30H49FN6O8S/c1-17(2)26(29(43)33-18(3)28(42)34-19(21(38)15-31)14-25(41)45-4)36-24(40)12-6-5-9-13-32-23(39)11-8-7-10-22-27-20(16-46-22)35-30(44)37-27/h17-20,22,26-27H,5-16H2,1-4H3,(H,32,39)(H,33,43)(H,34,42)(H,36,40)(H2,35,37,44). The third-order valence-corrected chi connectivity index (χ3v) is 9.45. The number of rotatable bonds is 21. The van der Waals surface area contributed by atoms with E-state index in [0.717, 1.165) is 32.1 Å². The van der Waals surface area contributed by atoms with Crippen molar-refractivity contribution >= 4 is 53.2 Å². The summed E-state index contributed by atoms with van der Waals surface area (Å²) in [5.41, 5.74) is 0. The van der Waals surface area contributed by atoms with Crippen LogP contribution in [0, 0.1) is 5.92 Å². The van der Waals surface area contributed by atoms with E-state index in [1.807, 2.05) is 11.8 Å². The van der Waals surface area contributed by atoms with E-state index in [0.29, 0.717) is 37.5 Å². The summed E-state index contributed by atoms with van der Waals surface area (Å²) in [4.78, 5) is 84.9. The molecule has 2 fully saturated rings. The zero-order valence-corrected chi connectivity index (χ0v) is 27.9. The first-order valence-electron chi connectivity index (χ1n) is 15.9. The molecular weight excluding hydrogens is 623 g/mol. The van der Waals surface area contributed by atoms with E-state index in [9.17, 15) is 38.0 Å². The molecule has 6 N–H and O–H groups in total. The van der Waals surface area contributed by atoms with Crippen molar-refractivity contribution in [3.63, 3.8) is 0 Å². The molecule has 0 radical (unpaired) electrons. The molecule has 0 aromatic rings. The maximum atomic E-state index is 12.9. The molecular formula is C30H49FN6O8S. The summed E-state index contributed by atoms with van der Waals surface area (Å²) in [5.74, 6) is -2.95. The second-order valence-electron chi connectivity index (χ2n) is 12.0. The molecule has 0 spiro atoms. The molecule has 0 aromatic carbocycles. The number of unbranched alkanes of at least 4 members (excludes halogenated alkanes) is 3. The van der Waals surface area contributed by atoms with Crippen molar-refractivity contribution in [1.29, 1.82) is 0 Å². The third-order valence-electron chi connectivity index (χ3n) is 7.94. The quantitative estimate of drug-likeness (QED) is 0.0575. The van der Waals surface area contributed by atoms with Crippen LogP contribution in [0.2, 0.25) is 0 Å². The van der Waals surface area contributed by atoms with E-state index < -0.39 is 54.8 Å². The zero-order valence-electron chi connectivity index (χ0n) is 27.1. The van der Waals surface area contributed by atoms with Gasteiger partial charge in [-0.1, -0.05) is 26.7 Å². The normalized spacial score (nSPS) is 20.4. The predicted octanol–water partition coefficient (Wildman–Crippen LogP) is 0.621. The topological polar surface area (TPSA) is 201 Å². The Morgan fingerprint density at radius 1 is 0.913 bits per heavy atom. The first kappa shape index (κ1) is 38.8. The minimum absolute atomic E-state index is 0.00720. The fourth-order valence-corrected chi connectivity index (χ4v) is 6.76. The monoisotopic (exact) mass is 672 g/mol. The molecule has 14 nitrogen and oxygen atoms in total. The van der Waals surface area contributed by atoms with Gasteiger partial charge in [0.05, 0.1) is 25.6 Å². The average molecular weight is 673 g/mol. The van der Waals surface area contributed by atoms with Gasteiger partial charge < -0.3 is 36.6 Å². The van der Waals surface area contributed by atoms with Crippen LogP contribution in [0.4, 0.5) is 9.18 Å². The van der Waals surface area contributed by atoms with Crippen LogP contribution in [0.25, 0.3) is 0 Å². The average Bonchev–Trinajstić information content (AvgIpc) is 3.57. The maximum Gasteiger partial charge on any atom is 0.315 e. The number of amides is 6. The molecule has 46 heavy (non-hydrogen) atoms. The van der Waals surface area contributed by atoms with E-state index in [1.165, 1.54) is 6.92 Å². The van der Waals surface area contributed by atoms with Crippen LogP contribution < -0.4 is 31.9 Å². The van der Waals surface area contributed by atoms with Gasteiger partial charge in [0, 0.05) is 30.4 Å². The summed E-state index contributed by atoms with van der Waals surface area (Å²) < 4.78 is 17.4. The minimum atomic E-state index is -1.44. The number of nitrogens with one attached hydrogen (secondary N) is 6. The van der Waals surface area contributed by atoms with Crippen molar-refractivity contribution in [1.82, 2.24) is 31.9 Å². The van der Waals surface area contributed by atoms with Crippen molar-refractivity contribution in [3.05, 3.63) is 0 Å². The number of fused-ring (bicyclic) bond motifs is 1. The van der Waals surface area contributed by atoms with Crippen LogP contribution in [0.15, 0.2) is 0 Å². The van der Waals surface area contributed by atoms with Crippen LogP contribution in [0.1, 0.15) is 78.6 Å². The molecule has 2 rings (SSSR count). The van der Waals surface area contributed by atoms with Crippen molar-refractivity contribution < 1.29 is 42.7 Å². The van der Waals surface area contributed by atoms with Gasteiger partial charge in [-0.25, -0.2) is 9.18 Å². The molecule has 2 heterocycles. The molecule has 16 heteroatoms. The maximum absolute atomic E-state index is 12.9. The third kappa shape index (κ3) is 13.1. The highest BCUT2D eigenvalue weighted by atomic mass is 32.2. The van der Waals surface area contributed by atoms with Crippen molar-refractivity contribution in [3.8, 4) is 0 Å². The van der Waals surface area contributed by atoms with Gasteiger partial charge in [-0.2, -0.15) is 11.8 Å². The molecule has 0 bridgehead atoms. The molecule has 0 aromatic heterocycles. The number of alkyl halides is 1. The summed E-state index contributed by atoms with van der Waals surface area (Å²) in [6.45, 7) is 3.95. The van der Waals surface area contributed by atoms with Gasteiger partial charge in [-0.3, -0.25) is 28.8 Å². The number of thioether (sulfide) groups is 1. The van der Waals surface area contributed by atoms with Crippen LogP contribution >= 0.6 is 11.8 Å². The summed E-state index contributed by atoms with van der Waals surface area (Å²) in [7, 11) is 1.09. The molecule has 2 aliphatic heterocycles. The fraction of sp³-hybridized carbons (Fsp3) is 0.767. The van der Waals surface area contributed by atoms with Crippen LogP contribution in [0.5, 0.6) is 0 Å². The molecule has 6 unspecified atom stereocenters. The van der Waals surface area contributed by atoms with E-state index in [2.05, 4.69) is 36.6 Å². The number of hydrogen-bond acceptors (Lipinski definition) is 9. The van der Waals surface area contributed by atoms with Gasteiger partial charge in [0.2, 0.25) is 23.6 Å². The van der Waals surface area contributed by atoms with Crippen molar-refractivity contribution in [2.24, 2.45) is 5.92 Å². The number of hydrogen-bond donors (Lipinski definition) is 6. The molecule has 0 aliphatic carbocycles. The van der Waals surface area contributed by atoms with E-state index >= 15 is 0 Å². The van der Waals surface area contributed by atoms with Gasteiger partial charge >= 0.3 is 12.0 Å². The molecule has 2 aliphatic rings. The van der Waals surface area contributed by atoms with Crippen molar-refractivity contribution in [2.75, 3.05) is 26.1 Å². The lowest BCUT2D eigenvalue weighted by Crippen LogP contribution is -2.56. The lowest BCUT2D eigenvalue weighted by atomic mass is 10.0. The van der Waals surface area contributed by atoms with Crippen LogP contribution in [0.3, 0.4) is 0 Å². The highest BCUT2D eigenvalue weighted by Crippen LogP contribution is 2.33. The number of esters is 1. The van der Waals surface area contributed by atoms with Crippen LogP contribution in [-0.2, 0) is 33.5 Å². The number of methoxy groups -OCH3 is 1. The Morgan fingerprint density at radius 2 is 1.61 bits per heavy atom. The van der Waals surface area contributed by atoms with Gasteiger partial charge in [0.1, 0.15) is 24.8 Å². The van der Waals surface area contributed by atoms with Gasteiger partial charge in [0.25, 0.3) is 0 Å². The summed E-state index contributed by atoms with van der Waals surface area (Å²) in [6, 6.07) is -3.22. The number of Topliss-reactive ketones (excluding diaryl/α,β-unsaturated/α-hetero) is 1. The molecule has 0 saturated carbocycles. The lowest BCUT2D eigenvalue weighted by molar-refractivity contribution is -0.143.